The molecule has 0 spiro atoms. The van der Waals surface area contributed by atoms with Gasteiger partial charge in [0.25, 0.3) is 0 Å². The molecule has 0 unspecified atom stereocenters. The van der Waals surface area contributed by atoms with Crippen molar-refractivity contribution in [2.45, 2.75) is 32.4 Å². The van der Waals surface area contributed by atoms with E-state index in [0.717, 1.165) is 16.9 Å². The van der Waals surface area contributed by atoms with Gasteiger partial charge in [0.2, 0.25) is 0 Å². The fraction of sp³-hybridized carbons (Fsp3) is 0.316. The average Bonchev–Trinajstić information content (AvgIpc) is 3.41. The second-order valence-electron chi connectivity index (χ2n) is 6.17. The second-order valence-corrected chi connectivity index (χ2v) is 6.17. The predicted octanol–water partition coefficient (Wildman–Crippen LogP) is 3.84. The Morgan fingerprint density at radius 1 is 1.25 bits per heavy atom. The summed E-state index contributed by atoms with van der Waals surface area (Å²) in [6.07, 6.45) is 2.39. The molecule has 0 saturated heterocycles. The van der Waals surface area contributed by atoms with Gasteiger partial charge in [-0.25, -0.2) is 9.38 Å². The van der Waals surface area contributed by atoms with Gasteiger partial charge < -0.3 is 15.4 Å². The minimum Gasteiger partial charge on any atom is -0.457 e. The number of benzene rings is 2. The number of nitrogens with two attached hydrogens (primary N) is 1. The van der Waals surface area contributed by atoms with E-state index in [4.69, 9.17) is 10.5 Å². The lowest BCUT2D eigenvalue weighted by molar-refractivity contribution is 0.476. The molecular weight excluding hydrogens is 305 g/mol. The fourth-order valence-electron chi connectivity index (χ4n) is 2.49. The van der Waals surface area contributed by atoms with Gasteiger partial charge >= 0.3 is 0 Å². The van der Waals surface area contributed by atoms with Crippen LogP contribution in [-0.4, -0.2) is 23.9 Å². The van der Waals surface area contributed by atoms with Crippen molar-refractivity contribution in [3.05, 3.63) is 59.4 Å². The highest BCUT2D eigenvalue weighted by Gasteiger charge is 2.27. The molecule has 0 atom stereocenters. The average molecular weight is 327 g/mol. The third-order valence-electron chi connectivity index (χ3n) is 4.16. The molecule has 24 heavy (non-hydrogen) atoms. The molecule has 3 rings (SSSR count). The number of hydrogen-bond donors (Lipinski definition) is 1. The van der Waals surface area contributed by atoms with Crippen LogP contribution >= 0.6 is 0 Å². The zero-order chi connectivity index (χ0) is 17.1. The number of ether oxygens (including phenoxy) is 1. The van der Waals surface area contributed by atoms with Gasteiger partial charge in [0.1, 0.15) is 17.3 Å². The molecule has 126 valence electrons. The highest BCUT2D eigenvalue weighted by molar-refractivity contribution is 5.78. The van der Waals surface area contributed by atoms with Crippen LogP contribution in [0, 0.1) is 12.7 Å². The summed E-state index contributed by atoms with van der Waals surface area (Å²) in [5.41, 5.74) is 8.09. The van der Waals surface area contributed by atoms with E-state index in [1.54, 1.807) is 12.1 Å². The van der Waals surface area contributed by atoms with E-state index >= 15 is 0 Å². The van der Waals surface area contributed by atoms with E-state index in [1.807, 2.05) is 37.1 Å². The van der Waals surface area contributed by atoms with Gasteiger partial charge in [-0.05, 0) is 61.2 Å². The number of hydrogen-bond acceptors (Lipinski definition) is 2. The Labute approximate surface area is 141 Å². The van der Waals surface area contributed by atoms with Crippen molar-refractivity contribution in [2.75, 3.05) is 7.05 Å². The van der Waals surface area contributed by atoms with Crippen molar-refractivity contribution >= 4 is 5.96 Å². The maximum absolute atomic E-state index is 12.9. The number of rotatable bonds is 5. The quantitative estimate of drug-likeness (QED) is 0.670. The summed E-state index contributed by atoms with van der Waals surface area (Å²) in [6.45, 7) is 2.52. The lowest BCUT2D eigenvalue weighted by atomic mass is 10.1. The van der Waals surface area contributed by atoms with Crippen LogP contribution in [0.5, 0.6) is 11.5 Å². The molecular formula is C19H22FN3O. The molecule has 0 aliphatic heterocycles. The van der Waals surface area contributed by atoms with Gasteiger partial charge in [0.15, 0.2) is 5.96 Å². The fourth-order valence-corrected chi connectivity index (χ4v) is 2.49. The highest BCUT2D eigenvalue weighted by Crippen LogP contribution is 2.27. The van der Waals surface area contributed by atoms with Gasteiger partial charge in [-0.2, -0.15) is 0 Å². The van der Waals surface area contributed by atoms with Gasteiger partial charge in [-0.1, -0.05) is 12.1 Å². The Bertz CT molecular complexity index is 739. The number of guanidine groups is 1. The summed E-state index contributed by atoms with van der Waals surface area (Å²) < 4.78 is 18.7. The summed E-state index contributed by atoms with van der Waals surface area (Å²) in [5, 5.41) is 0. The smallest absolute Gasteiger partial charge is 0.191 e. The molecule has 1 aliphatic rings. The molecule has 2 aromatic rings. The Morgan fingerprint density at radius 3 is 2.58 bits per heavy atom. The molecule has 4 nitrogen and oxygen atoms in total. The summed E-state index contributed by atoms with van der Waals surface area (Å²) >= 11 is 0. The topological polar surface area (TPSA) is 50.8 Å². The molecule has 0 amide bonds. The van der Waals surface area contributed by atoms with Gasteiger partial charge in [0.05, 0.1) is 6.54 Å². The lowest BCUT2D eigenvalue weighted by Crippen LogP contribution is -2.35. The Morgan fingerprint density at radius 2 is 1.96 bits per heavy atom. The molecule has 0 radical (unpaired) electrons. The van der Waals surface area contributed by atoms with Gasteiger partial charge in [-0.3, -0.25) is 0 Å². The van der Waals surface area contributed by atoms with Crippen molar-refractivity contribution < 1.29 is 9.13 Å². The zero-order valence-corrected chi connectivity index (χ0v) is 14.0. The predicted molar refractivity (Wildman–Crippen MR) is 93.8 cm³/mol. The number of aliphatic imine (C=N–C) groups is 1. The van der Waals surface area contributed by atoms with Crippen molar-refractivity contribution in [1.82, 2.24) is 4.90 Å². The first-order valence-corrected chi connectivity index (χ1v) is 8.08. The molecule has 0 bridgehead atoms. The molecule has 1 saturated carbocycles. The summed E-state index contributed by atoms with van der Waals surface area (Å²) in [5.74, 6) is 1.67. The molecule has 0 aromatic heterocycles. The molecule has 0 heterocycles. The van der Waals surface area contributed by atoms with E-state index in [1.165, 1.54) is 25.0 Å². The third-order valence-corrected chi connectivity index (χ3v) is 4.16. The van der Waals surface area contributed by atoms with Crippen LogP contribution in [0.3, 0.4) is 0 Å². The summed E-state index contributed by atoms with van der Waals surface area (Å²) in [7, 11) is 1.99. The SMILES string of the molecule is Cc1cc(CN=C(N)N(C)C2CC2)ccc1Oc1ccc(F)cc1. The maximum atomic E-state index is 12.9. The highest BCUT2D eigenvalue weighted by atomic mass is 19.1. The number of nitrogens with zero attached hydrogens (tertiary/aromatic N) is 2. The van der Waals surface area contributed by atoms with Crippen LogP contribution in [0.1, 0.15) is 24.0 Å². The molecule has 5 heteroatoms. The Hall–Kier alpha value is -2.56. The van der Waals surface area contributed by atoms with E-state index in [0.29, 0.717) is 24.3 Å². The van der Waals surface area contributed by atoms with E-state index in [-0.39, 0.29) is 5.82 Å². The normalized spacial score (nSPS) is 14.5. The first-order valence-electron chi connectivity index (χ1n) is 8.08. The van der Waals surface area contributed by atoms with Crippen LogP contribution in [0.2, 0.25) is 0 Å². The number of halogens is 1. The monoisotopic (exact) mass is 327 g/mol. The number of aryl methyl sites for hydroxylation is 1. The summed E-state index contributed by atoms with van der Waals surface area (Å²) in [6, 6.07) is 12.5. The minimum atomic E-state index is -0.277. The largest absolute Gasteiger partial charge is 0.457 e. The first kappa shape index (κ1) is 16.3. The second kappa shape index (κ2) is 6.91. The van der Waals surface area contributed by atoms with Crippen LogP contribution < -0.4 is 10.5 Å². The van der Waals surface area contributed by atoms with Crippen molar-refractivity contribution in [3.63, 3.8) is 0 Å². The third kappa shape index (κ3) is 4.04. The minimum absolute atomic E-state index is 0.277. The molecule has 2 aromatic carbocycles. The summed E-state index contributed by atoms with van der Waals surface area (Å²) in [4.78, 5) is 6.50. The molecule has 1 fully saturated rings. The van der Waals surface area contributed by atoms with Crippen molar-refractivity contribution in [3.8, 4) is 11.5 Å². The van der Waals surface area contributed by atoms with Crippen LogP contribution in [0.15, 0.2) is 47.5 Å². The van der Waals surface area contributed by atoms with Crippen LogP contribution in [0.25, 0.3) is 0 Å². The lowest BCUT2D eigenvalue weighted by Gasteiger charge is -2.17. The van der Waals surface area contributed by atoms with Gasteiger partial charge in [-0.15, -0.1) is 0 Å². The Balaban J connectivity index is 1.65. The zero-order valence-electron chi connectivity index (χ0n) is 14.0. The van der Waals surface area contributed by atoms with E-state index in [9.17, 15) is 4.39 Å². The Kier molecular flexibility index (Phi) is 4.69. The first-order chi connectivity index (χ1) is 11.5. The van der Waals surface area contributed by atoms with E-state index < -0.39 is 0 Å². The van der Waals surface area contributed by atoms with Crippen molar-refractivity contribution in [1.29, 1.82) is 0 Å². The molecule has 2 N–H and O–H groups in total. The standard InChI is InChI=1S/C19H22FN3O/c1-13-11-14(12-22-19(21)23(2)16-6-7-16)3-10-18(13)24-17-8-4-15(20)5-9-17/h3-5,8-11,16H,6-7,12H2,1-2H3,(H2,21,22). The van der Waals surface area contributed by atoms with Crippen LogP contribution in [0.4, 0.5) is 4.39 Å². The van der Waals surface area contributed by atoms with Crippen molar-refractivity contribution in [2.24, 2.45) is 10.7 Å². The van der Waals surface area contributed by atoms with Crippen LogP contribution in [-0.2, 0) is 6.54 Å². The molecule has 1 aliphatic carbocycles. The van der Waals surface area contributed by atoms with E-state index in [2.05, 4.69) is 4.99 Å². The maximum Gasteiger partial charge on any atom is 0.191 e. The van der Waals surface area contributed by atoms with Gasteiger partial charge in [0, 0.05) is 13.1 Å².